The first kappa shape index (κ1) is 17.4. The molecule has 1 saturated heterocycles. The largest absolute Gasteiger partial charge is 0.476 e. The highest BCUT2D eigenvalue weighted by atomic mass is 16.5. The minimum absolute atomic E-state index is 0.0444. The van der Waals surface area contributed by atoms with Gasteiger partial charge in [-0.15, -0.1) is 0 Å². The molecule has 0 unspecified atom stereocenters. The van der Waals surface area contributed by atoms with Gasteiger partial charge in [0.2, 0.25) is 5.88 Å². The minimum Gasteiger partial charge on any atom is -0.476 e. The maximum Gasteiger partial charge on any atom is 0.254 e. The Balaban J connectivity index is 1.56. The zero-order valence-corrected chi connectivity index (χ0v) is 14.8. The Morgan fingerprint density at radius 3 is 2.80 bits per heavy atom. The van der Waals surface area contributed by atoms with Crippen LogP contribution >= 0.6 is 0 Å². The van der Waals surface area contributed by atoms with E-state index in [9.17, 15) is 4.79 Å². The Morgan fingerprint density at radius 2 is 2.12 bits per heavy atom. The van der Waals surface area contributed by atoms with E-state index in [2.05, 4.69) is 15.2 Å². The van der Waals surface area contributed by atoms with Gasteiger partial charge in [0.05, 0.1) is 0 Å². The number of aromatic nitrogens is 3. The van der Waals surface area contributed by atoms with Crippen LogP contribution in [0.15, 0.2) is 30.6 Å². The Labute approximate surface area is 148 Å². The maximum atomic E-state index is 12.7. The Hall–Kier alpha value is -2.41. The number of nitrogens with zero attached hydrogens (tertiary/aromatic N) is 4. The molecule has 2 aromatic heterocycles. The zero-order chi connectivity index (χ0) is 17.6. The highest BCUT2D eigenvalue weighted by Crippen LogP contribution is 2.27. The van der Waals surface area contributed by atoms with Crippen LogP contribution in [0.25, 0.3) is 0 Å². The quantitative estimate of drug-likeness (QED) is 0.865. The Morgan fingerprint density at radius 1 is 1.32 bits per heavy atom. The number of likely N-dealkylation sites (N-methyl/N-ethyl adjacent to an activating group) is 1. The van der Waals surface area contributed by atoms with Crippen molar-refractivity contribution in [3.05, 3.63) is 41.9 Å². The Kier molecular flexibility index (Phi) is 5.65. The lowest BCUT2D eigenvalue weighted by Gasteiger charge is -2.31. The molecule has 1 aliphatic heterocycles. The molecule has 2 aromatic rings. The van der Waals surface area contributed by atoms with Gasteiger partial charge in [0.1, 0.15) is 6.61 Å². The molecule has 7 heteroatoms. The standard InChI is InChI=1S/C18H25N5O2/c1-22(2)11-12-25-17-13-15(3-7-19-17)18(24)23-9-5-14(6-10-23)16-4-8-20-21-16/h3-4,7-8,13-14H,5-6,9-12H2,1-2H3,(H,20,21). The van der Waals surface area contributed by atoms with Crippen LogP contribution in [0.3, 0.4) is 0 Å². The predicted molar refractivity (Wildman–Crippen MR) is 94.8 cm³/mol. The molecule has 0 saturated carbocycles. The van der Waals surface area contributed by atoms with Gasteiger partial charge in [-0.2, -0.15) is 5.10 Å². The molecular formula is C18H25N5O2. The molecule has 1 N–H and O–H groups in total. The molecular weight excluding hydrogens is 318 g/mol. The summed E-state index contributed by atoms with van der Waals surface area (Å²) in [6, 6.07) is 5.50. The average Bonchev–Trinajstić information content (AvgIpc) is 3.16. The van der Waals surface area contributed by atoms with Gasteiger partial charge in [0.25, 0.3) is 5.91 Å². The van der Waals surface area contributed by atoms with Gasteiger partial charge in [0, 0.05) is 55.3 Å². The third-order valence-corrected chi connectivity index (χ3v) is 4.51. The number of carbonyl (C=O) groups excluding carboxylic acids is 1. The van der Waals surface area contributed by atoms with Crippen LogP contribution in [0.1, 0.15) is 34.8 Å². The fourth-order valence-corrected chi connectivity index (χ4v) is 3.02. The van der Waals surface area contributed by atoms with Crippen molar-refractivity contribution in [2.75, 3.05) is 40.3 Å². The van der Waals surface area contributed by atoms with Crippen LogP contribution in [0.4, 0.5) is 0 Å². The highest BCUT2D eigenvalue weighted by Gasteiger charge is 2.25. The number of amides is 1. The van der Waals surface area contributed by atoms with Crippen molar-refractivity contribution >= 4 is 5.91 Å². The van der Waals surface area contributed by atoms with Gasteiger partial charge in [-0.3, -0.25) is 9.89 Å². The smallest absolute Gasteiger partial charge is 0.254 e. The Bertz CT molecular complexity index is 679. The van der Waals surface area contributed by atoms with Gasteiger partial charge in [-0.25, -0.2) is 4.98 Å². The maximum absolute atomic E-state index is 12.7. The van der Waals surface area contributed by atoms with E-state index >= 15 is 0 Å². The zero-order valence-electron chi connectivity index (χ0n) is 14.8. The number of hydrogen-bond acceptors (Lipinski definition) is 5. The summed E-state index contributed by atoms with van der Waals surface area (Å²) >= 11 is 0. The molecule has 1 fully saturated rings. The van der Waals surface area contributed by atoms with Crippen LogP contribution in [0, 0.1) is 0 Å². The molecule has 0 bridgehead atoms. The number of pyridine rings is 1. The minimum atomic E-state index is 0.0444. The first-order valence-corrected chi connectivity index (χ1v) is 8.65. The monoisotopic (exact) mass is 343 g/mol. The van der Waals surface area contributed by atoms with E-state index < -0.39 is 0 Å². The van der Waals surface area contributed by atoms with Gasteiger partial charge in [-0.05, 0) is 39.1 Å². The first-order valence-electron chi connectivity index (χ1n) is 8.65. The number of H-pyrrole nitrogens is 1. The predicted octanol–water partition coefficient (Wildman–Crippen LogP) is 1.76. The van der Waals surface area contributed by atoms with E-state index in [-0.39, 0.29) is 5.91 Å². The third-order valence-electron chi connectivity index (χ3n) is 4.51. The van der Waals surface area contributed by atoms with Crippen LogP contribution in [-0.4, -0.2) is 71.2 Å². The number of nitrogens with one attached hydrogen (secondary N) is 1. The lowest BCUT2D eigenvalue weighted by molar-refractivity contribution is 0.0711. The molecule has 0 spiro atoms. The second-order valence-corrected chi connectivity index (χ2v) is 6.61. The summed E-state index contributed by atoms with van der Waals surface area (Å²) in [5.74, 6) is 0.997. The summed E-state index contributed by atoms with van der Waals surface area (Å²) in [7, 11) is 3.98. The lowest BCUT2D eigenvalue weighted by Crippen LogP contribution is -2.38. The van der Waals surface area contributed by atoms with Gasteiger partial charge in [0.15, 0.2) is 0 Å². The molecule has 3 rings (SSSR count). The van der Waals surface area contributed by atoms with E-state index in [1.165, 1.54) is 0 Å². The van der Waals surface area contributed by atoms with Gasteiger partial charge >= 0.3 is 0 Å². The average molecular weight is 343 g/mol. The van der Waals surface area contributed by atoms with Crippen LogP contribution in [0.5, 0.6) is 5.88 Å². The third kappa shape index (κ3) is 4.57. The molecule has 1 amide bonds. The fraction of sp³-hybridized carbons (Fsp3) is 0.500. The molecule has 1 aliphatic rings. The van der Waals surface area contributed by atoms with E-state index in [0.717, 1.165) is 38.2 Å². The summed E-state index contributed by atoms with van der Waals surface area (Å²) < 4.78 is 5.63. The number of likely N-dealkylation sites (tertiary alicyclic amines) is 1. The summed E-state index contributed by atoms with van der Waals surface area (Å²) in [5.41, 5.74) is 1.79. The lowest BCUT2D eigenvalue weighted by atomic mass is 9.93. The topological polar surface area (TPSA) is 74.3 Å². The van der Waals surface area contributed by atoms with E-state index in [1.54, 1.807) is 24.5 Å². The molecule has 0 aliphatic carbocycles. The molecule has 0 atom stereocenters. The second kappa shape index (κ2) is 8.11. The number of carbonyl (C=O) groups is 1. The van der Waals surface area contributed by atoms with Crippen LogP contribution < -0.4 is 4.74 Å². The van der Waals surface area contributed by atoms with Crippen molar-refractivity contribution in [1.82, 2.24) is 25.0 Å². The molecule has 7 nitrogen and oxygen atoms in total. The molecule has 134 valence electrons. The van der Waals surface area contributed by atoms with Crippen LogP contribution in [0.2, 0.25) is 0 Å². The number of rotatable bonds is 6. The first-order chi connectivity index (χ1) is 12.1. The van der Waals surface area contributed by atoms with Gasteiger partial charge < -0.3 is 14.5 Å². The molecule has 0 radical (unpaired) electrons. The summed E-state index contributed by atoms with van der Waals surface area (Å²) in [5, 5.41) is 7.05. The molecule has 3 heterocycles. The van der Waals surface area contributed by atoms with Crippen molar-refractivity contribution in [1.29, 1.82) is 0 Å². The van der Waals surface area contributed by atoms with Crippen molar-refractivity contribution in [2.45, 2.75) is 18.8 Å². The van der Waals surface area contributed by atoms with Crippen molar-refractivity contribution in [2.24, 2.45) is 0 Å². The number of ether oxygens (including phenoxy) is 1. The normalized spacial score (nSPS) is 15.6. The second-order valence-electron chi connectivity index (χ2n) is 6.61. The van der Waals surface area contributed by atoms with Crippen molar-refractivity contribution in [3.8, 4) is 5.88 Å². The van der Waals surface area contributed by atoms with E-state index in [0.29, 0.717) is 24.0 Å². The summed E-state index contributed by atoms with van der Waals surface area (Å²) in [4.78, 5) is 20.9. The van der Waals surface area contributed by atoms with E-state index in [4.69, 9.17) is 4.74 Å². The molecule has 25 heavy (non-hydrogen) atoms. The summed E-state index contributed by atoms with van der Waals surface area (Å²) in [6.07, 6.45) is 5.31. The summed E-state index contributed by atoms with van der Waals surface area (Å²) in [6.45, 7) is 2.86. The van der Waals surface area contributed by atoms with Crippen molar-refractivity contribution < 1.29 is 9.53 Å². The van der Waals surface area contributed by atoms with Crippen molar-refractivity contribution in [3.63, 3.8) is 0 Å². The number of hydrogen-bond donors (Lipinski definition) is 1. The van der Waals surface area contributed by atoms with Crippen LogP contribution in [-0.2, 0) is 0 Å². The highest BCUT2D eigenvalue weighted by molar-refractivity contribution is 5.94. The SMILES string of the molecule is CN(C)CCOc1cc(C(=O)N2CCC(c3ccn[nH]3)CC2)ccn1. The number of piperidine rings is 1. The number of aromatic amines is 1. The van der Waals surface area contributed by atoms with E-state index in [1.807, 2.05) is 30.0 Å². The fourth-order valence-electron chi connectivity index (χ4n) is 3.02. The molecule has 0 aromatic carbocycles. The van der Waals surface area contributed by atoms with Gasteiger partial charge in [-0.1, -0.05) is 0 Å².